The molecule has 0 unspecified atom stereocenters. The Morgan fingerprint density at radius 3 is 2.43 bits per heavy atom. The number of alkyl halides is 3. The van der Waals surface area contributed by atoms with Crippen LogP contribution in [0.2, 0.25) is 5.02 Å². The van der Waals surface area contributed by atoms with Crippen LogP contribution in [0.25, 0.3) is 22.5 Å². The third-order valence-corrected chi connectivity index (χ3v) is 6.62. The summed E-state index contributed by atoms with van der Waals surface area (Å²) in [5.74, 6) is 0.315. The Balaban J connectivity index is 1.62. The second-order valence-corrected chi connectivity index (χ2v) is 9.32. The molecule has 3 heterocycles. The molecule has 37 heavy (non-hydrogen) atoms. The third-order valence-electron chi connectivity index (χ3n) is 5.71. The maximum absolute atomic E-state index is 13.1. The third kappa shape index (κ3) is 6.14. The van der Waals surface area contributed by atoms with Crippen molar-refractivity contribution in [2.75, 3.05) is 38.1 Å². The van der Waals surface area contributed by atoms with Crippen molar-refractivity contribution in [3.05, 3.63) is 70.6 Å². The van der Waals surface area contributed by atoms with Crippen molar-refractivity contribution in [3.8, 4) is 22.5 Å². The average Bonchev–Trinajstić information content (AvgIpc) is 2.91. The fourth-order valence-electron chi connectivity index (χ4n) is 3.81. The Hall–Kier alpha value is -3.35. The highest BCUT2D eigenvalue weighted by molar-refractivity contribution is 8.00. The minimum Gasteiger partial charge on any atom is -0.394 e. The van der Waals surface area contributed by atoms with Crippen molar-refractivity contribution in [2.24, 2.45) is 5.73 Å². The van der Waals surface area contributed by atoms with Crippen LogP contribution in [-0.4, -0.2) is 59.0 Å². The summed E-state index contributed by atoms with van der Waals surface area (Å²) in [6, 6.07) is 6.42. The van der Waals surface area contributed by atoms with E-state index in [1.165, 1.54) is 30.3 Å². The number of benzene rings is 1. The van der Waals surface area contributed by atoms with E-state index in [-0.39, 0.29) is 11.6 Å². The van der Waals surface area contributed by atoms with Gasteiger partial charge in [-0.05, 0) is 25.2 Å². The number of piperazine rings is 1. The number of carbonyl (C=O) groups excluding carboxylic acids is 1. The number of carbonyl (C=O) groups is 1. The highest BCUT2D eigenvalue weighted by Crippen LogP contribution is 2.36. The minimum absolute atomic E-state index is 0.156. The van der Waals surface area contributed by atoms with E-state index in [0.717, 1.165) is 12.1 Å². The van der Waals surface area contributed by atoms with Gasteiger partial charge in [0.15, 0.2) is 0 Å². The number of nitrogens with two attached hydrogens (primary N) is 1. The van der Waals surface area contributed by atoms with Gasteiger partial charge in [-0.25, -0.2) is 4.98 Å². The summed E-state index contributed by atoms with van der Waals surface area (Å²) in [7, 11) is 1.73. The van der Waals surface area contributed by atoms with E-state index in [4.69, 9.17) is 22.3 Å². The van der Waals surface area contributed by atoms with Gasteiger partial charge in [0, 0.05) is 55.1 Å². The summed E-state index contributed by atoms with van der Waals surface area (Å²) >= 11 is 7.62. The molecule has 0 aliphatic carbocycles. The van der Waals surface area contributed by atoms with Crippen molar-refractivity contribution >= 4 is 35.3 Å². The second-order valence-electron chi connectivity index (χ2n) is 8.03. The smallest absolute Gasteiger partial charge is 0.394 e. The number of halogens is 4. The van der Waals surface area contributed by atoms with Crippen LogP contribution in [0.15, 0.2) is 60.0 Å². The summed E-state index contributed by atoms with van der Waals surface area (Å²) in [5.41, 5.74) is 7.10. The van der Waals surface area contributed by atoms with Crippen LogP contribution in [0.1, 0.15) is 5.56 Å². The molecule has 0 bridgehead atoms. The summed E-state index contributed by atoms with van der Waals surface area (Å²) < 4.78 is 42.0. The Morgan fingerprint density at radius 2 is 1.81 bits per heavy atom. The van der Waals surface area contributed by atoms with Gasteiger partial charge in [-0.1, -0.05) is 35.7 Å². The predicted molar refractivity (Wildman–Crippen MR) is 138 cm³/mol. The zero-order valence-corrected chi connectivity index (χ0v) is 21.2. The molecule has 0 atom stereocenters. The zero-order valence-electron chi connectivity index (χ0n) is 19.7. The molecule has 13 heteroatoms. The number of nitrogens with one attached hydrogen (secondary N) is 1. The van der Waals surface area contributed by atoms with Gasteiger partial charge in [0.2, 0.25) is 0 Å². The Labute approximate surface area is 220 Å². The summed E-state index contributed by atoms with van der Waals surface area (Å²) in [6.07, 6.45) is 0.152. The lowest BCUT2D eigenvalue weighted by Gasteiger charge is -2.35. The van der Waals surface area contributed by atoms with Crippen LogP contribution in [0.3, 0.4) is 0 Å². The van der Waals surface area contributed by atoms with Gasteiger partial charge in [-0.15, -0.1) is 0 Å². The molecule has 3 N–H and O–H groups in total. The topological polar surface area (TPSA) is 100 Å². The molecule has 1 aromatic carbocycles. The number of anilines is 1. The van der Waals surface area contributed by atoms with E-state index < -0.39 is 11.7 Å². The molecule has 1 aliphatic rings. The maximum Gasteiger partial charge on any atom is 0.416 e. The van der Waals surface area contributed by atoms with Crippen LogP contribution in [-0.2, 0) is 11.0 Å². The number of nitrogens with zero attached hydrogens (tertiary/aromatic N) is 5. The molecule has 1 fully saturated rings. The molecule has 1 saturated heterocycles. The van der Waals surface area contributed by atoms with Crippen molar-refractivity contribution < 1.29 is 18.0 Å². The molecule has 2 aromatic heterocycles. The fourth-order valence-corrected chi connectivity index (χ4v) is 4.36. The molecule has 0 spiro atoms. The Bertz CT molecular complexity index is 1300. The molecule has 8 nitrogen and oxygen atoms in total. The highest BCUT2D eigenvalue weighted by atomic mass is 35.5. The second kappa shape index (κ2) is 11.4. The van der Waals surface area contributed by atoms with E-state index in [1.54, 1.807) is 35.8 Å². The molecule has 3 aromatic rings. The number of rotatable bonds is 6. The van der Waals surface area contributed by atoms with Gasteiger partial charge < -0.3 is 15.5 Å². The Kier molecular flexibility index (Phi) is 8.20. The van der Waals surface area contributed by atoms with Crippen LogP contribution in [0.4, 0.5) is 19.0 Å². The van der Waals surface area contributed by atoms with E-state index in [0.29, 0.717) is 59.5 Å². The first-order chi connectivity index (χ1) is 17.7. The molecule has 0 radical (unpaired) electrons. The predicted octanol–water partition coefficient (Wildman–Crippen LogP) is 4.19. The summed E-state index contributed by atoms with van der Waals surface area (Å²) in [5, 5.41) is 1.89. The summed E-state index contributed by atoms with van der Waals surface area (Å²) in [6.45, 7) is 1.86. The van der Waals surface area contributed by atoms with Gasteiger partial charge in [0.25, 0.3) is 5.91 Å². The number of pyridine rings is 1. The number of hydrogen-bond acceptors (Lipinski definition) is 8. The van der Waals surface area contributed by atoms with Crippen molar-refractivity contribution in [1.82, 2.24) is 24.6 Å². The van der Waals surface area contributed by atoms with Crippen molar-refractivity contribution in [2.45, 2.75) is 6.18 Å². The van der Waals surface area contributed by atoms with E-state index in [1.807, 2.05) is 4.90 Å². The van der Waals surface area contributed by atoms with Gasteiger partial charge >= 0.3 is 6.18 Å². The van der Waals surface area contributed by atoms with Gasteiger partial charge in [0.05, 0.1) is 22.5 Å². The van der Waals surface area contributed by atoms with Gasteiger partial charge in [-0.2, -0.15) is 13.2 Å². The molecule has 194 valence electrons. The lowest BCUT2D eigenvalue weighted by Crippen LogP contribution is -2.50. The van der Waals surface area contributed by atoms with Gasteiger partial charge in [-0.3, -0.25) is 19.5 Å². The first kappa shape index (κ1) is 26.7. The van der Waals surface area contributed by atoms with Crippen LogP contribution >= 0.6 is 23.5 Å². The van der Waals surface area contributed by atoms with Crippen LogP contribution < -0.4 is 15.4 Å². The molecular weight excluding hydrogens is 527 g/mol. The number of aromatic nitrogens is 3. The maximum atomic E-state index is 13.1. The quantitative estimate of drug-likeness (QED) is 0.349. The minimum atomic E-state index is -4.44. The van der Waals surface area contributed by atoms with Crippen molar-refractivity contribution in [3.63, 3.8) is 0 Å². The first-order valence-corrected chi connectivity index (χ1v) is 12.4. The monoisotopic (exact) mass is 549 g/mol. The van der Waals surface area contributed by atoms with Crippen LogP contribution in [0, 0.1) is 0 Å². The number of hydrogen-bond donors (Lipinski definition) is 2. The van der Waals surface area contributed by atoms with E-state index in [2.05, 4.69) is 14.7 Å². The largest absolute Gasteiger partial charge is 0.416 e. The average molecular weight is 550 g/mol. The zero-order chi connectivity index (χ0) is 26.6. The molecule has 1 amide bonds. The highest BCUT2D eigenvalue weighted by Gasteiger charge is 2.30. The first-order valence-electron chi connectivity index (χ1n) is 11.2. The SMILES string of the molecule is CNS/C=C(\N)C(=O)N1CCN(c2cnc(-c3ccc(C(F)(F)F)cc3)c(-c3ccncc3Cl)n2)CC1. The fraction of sp³-hybridized carbons (Fsp3) is 0.250. The van der Waals surface area contributed by atoms with Crippen molar-refractivity contribution in [1.29, 1.82) is 0 Å². The van der Waals surface area contributed by atoms with Crippen LogP contribution in [0.5, 0.6) is 0 Å². The van der Waals surface area contributed by atoms with E-state index in [9.17, 15) is 18.0 Å². The summed E-state index contributed by atoms with van der Waals surface area (Å²) in [4.78, 5) is 29.6. The number of amides is 1. The lowest BCUT2D eigenvalue weighted by atomic mass is 10.0. The molecule has 1 aliphatic heterocycles. The van der Waals surface area contributed by atoms with Gasteiger partial charge in [0.1, 0.15) is 17.2 Å². The standard InChI is InChI=1S/C24H23ClF3N7OS/c1-30-37-14-19(29)23(36)35-10-8-34(9-11-35)20-13-32-21(15-2-4-16(5-3-15)24(26,27)28)22(33-20)17-6-7-31-12-18(17)25/h2-7,12-14,30H,8-11,29H2,1H3/b19-14-. The van der Waals surface area contributed by atoms with E-state index >= 15 is 0 Å². The molecule has 0 saturated carbocycles. The molecule has 4 rings (SSSR count). The Morgan fingerprint density at radius 1 is 1.11 bits per heavy atom. The lowest BCUT2D eigenvalue weighted by molar-refractivity contribution is -0.137. The molecular formula is C24H23ClF3N7OS. The normalized spacial score (nSPS) is 14.7.